The summed E-state index contributed by atoms with van der Waals surface area (Å²) in [4.78, 5) is 17.6. The van der Waals surface area contributed by atoms with E-state index in [-0.39, 0.29) is 30.2 Å². The predicted octanol–water partition coefficient (Wildman–Crippen LogP) is 3.65. The zero-order chi connectivity index (χ0) is 20.4. The van der Waals surface area contributed by atoms with Gasteiger partial charge in [0.05, 0.1) is 24.3 Å². The first-order chi connectivity index (χ1) is 12.5. The zero-order valence-corrected chi connectivity index (χ0v) is 16.1. The average Bonchev–Trinajstić information content (AvgIpc) is 2.58. The summed E-state index contributed by atoms with van der Waals surface area (Å²) in [6, 6.07) is 1.46. The number of piperidine rings is 1. The molecule has 1 amide bonds. The molecule has 0 bridgehead atoms. The number of pyridine rings is 1. The maximum Gasteiger partial charge on any atom is 0.410 e. The van der Waals surface area contributed by atoms with E-state index >= 15 is 0 Å². The second-order valence-corrected chi connectivity index (χ2v) is 7.50. The largest absolute Gasteiger partial charge is 0.481 e. The molecule has 2 rings (SSSR count). The average molecular weight is 385 g/mol. The van der Waals surface area contributed by atoms with Gasteiger partial charge in [-0.3, -0.25) is 0 Å². The number of carbonyl (C=O) groups is 1. The van der Waals surface area contributed by atoms with Crippen LogP contribution in [0.1, 0.15) is 51.2 Å². The Labute approximate surface area is 157 Å². The molecule has 0 spiro atoms. The highest BCUT2D eigenvalue weighted by molar-refractivity contribution is 6.00. The zero-order valence-electron chi connectivity index (χ0n) is 16.1. The third-order valence-corrected chi connectivity index (χ3v) is 4.29. The molecule has 2 heterocycles. The fourth-order valence-corrected chi connectivity index (χ4v) is 2.88. The van der Waals surface area contributed by atoms with E-state index in [0.29, 0.717) is 5.56 Å². The number of alkyl halides is 2. The molecule has 0 aliphatic carbocycles. The first kappa shape index (κ1) is 20.9. The van der Waals surface area contributed by atoms with Gasteiger partial charge in [-0.25, -0.2) is 18.6 Å². The van der Waals surface area contributed by atoms with Crippen LogP contribution in [0.5, 0.6) is 5.88 Å². The van der Waals surface area contributed by atoms with E-state index in [1.807, 2.05) is 0 Å². The molecule has 9 heteroatoms. The maximum absolute atomic E-state index is 14.6. The Morgan fingerprint density at radius 2 is 2.11 bits per heavy atom. The lowest BCUT2D eigenvalue weighted by Gasteiger charge is -2.39. The summed E-state index contributed by atoms with van der Waals surface area (Å²) < 4.78 is 39.6. The van der Waals surface area contributed by atoms with Gasteiger partial charge in [0, 0.05) is 25.7 Å². The van der Waals surface area contributed by atoms with Crippen LogP contribution in [0, 0.1) is 0 Å². The van der Waals surface area contributed by atoms with Crippen molar-refractivity contribution >= 4 is 11.8 Å². The van der Waals surface area contributed by atoms with Gasteiger partial charge >= 0.3 is 6.09 Å². The van der Waals surface area contributed by atoms with Gasteiger partial charge in [0.15, 0.2) is 0 Å². The van der Waals surface area contributed by atoms with Gasteiger partial charge in [0.1, 0.15) is 5.60 Å². The molecular formula is C18H25F2N3O4. The molecule has 1 saturated heterocycles. The fourth-order valence-electron chi connectivity index (χ4n) is 2.88. The van der Waals surface area contributed by atoms with Gasteiger partial charge in [-0.1, -0.05) is 5.16 Å². The third-order valence-electron chi connectivity index (χ3n) is 4.29. The number of oxime groups is 1. The van der Waals surface area contributed by atoms with E-state index in [4.69, 9.17) is 14.7 Å². The molecule has 1 unspecified atom stereocenters. The van der Waals surface area contributed by atoms with Crippen LogP contribution in [0.4, 0.5) is 13.6 Å². The van der Waals surface area contributed by atoms with Crippen LogP contribution in [0.25, 0.3) is 0 Å². The minimum absolute atomic E-state index is 0.0913. The molecule has 27 heavy (non-hydrogen) atoms. The Hall–Kier alpha value is -2.45. The lowest BCUT2D eigenvalue weighted by Crippen LogP contribution is -2.49. The number of rotatable bonds is 3. The van der Waals surface area contributed by atoms with Gasteiger partial charge in [-0.05, 0) is 39.3 Å². The van der Waals surface area contributed by atoms with Crippen LogP contribution >= 0.6 is 0 Å². The first-order valence-corrected chi connectivity index (χ1v) is 8.57. The summed E-state index contributed by atoms with van der Waals surface area (Å²) in [7, 11) is 1.38. The SMILES string of the molecule is COc1ncc(C2CN(C(=O)OC(C)(C)C)CCC2(F)F)cc1C(C)=NO. The van der Waals surface area contributed by atoms with E-state index in [9.17, 15) is 13.6 Å². The number of amides is 1. The van der Waals surface area contributed by atoms with Gasteiger partial charge in [0.25, 0.3) is 5.92 Å². The Morgan fingerprint density at radius 3 is 2.67 bits per heavy atom. The van der Waals surface area contributed by atoms with E-state index < -0.39 is 30.0 Å². The van der Waals surface area contributed by atoms with Crippen molar-refractivity contribution in [2.75, 3.05) is 20.2 Å². The molecule has 0 radical (unpaired) electrons. The van der Waals surface area contributed by atoms with E-state index in [1.54, 1.807) is 20.8 Å². The number of aromatic nitrogens is 1. The lowest BCUT2D eigenvalue weighted by atomic mass is 9.87. The quantitative estimate of drug-likeness (QED) is 0.488. The molecule has 150 valence electrons. The van der Waals surface area contributed by atoms with E-state index in [0.717, 1.165) is 0 Å². The number of hydrogen-bond acceptors (Lipinski definition) is 6. The Bertz CT molecular complexity index is 732. The molecule has 1 aromatic rings. The van der Waals surface area contributed by atoms with Crippen LogP contribution < -0.4 is 4.74 Å². The summed E-state index contributed by atoms with van der Waals surface area (Å²) >= 11 is 0. The summed E-state index contributed by atoms with van der Waals surface area (Å²) in [6.45, 7) is 6.37. The molecule has 1 aromatic heterocycles. The summed E-state index contributed by atoms with van der Waals surface area (Å²) in [6.07, 6.45) is 0.188. The maximum atomic E-state index is 14.6. The molecule has 1 N–H and O–H groups in total. The van der Waals surface area contributed by atoms with Crippen molar-refractivity contribution < 1.29 is 28.3 Å². The van der Waals surface area contributed by atoms with Gasteiger partial charge in [-0.15, -0.1) is 0 Å². The monoisotopic (exact) mass is 385 g/mol. The van der Waals surface area contributed by atoms with E-state index in [1.165, 1.54) is 31.2 Å². The third kappa shape index (κ3) is 4.84. The molecule has 1 aliphatic rings. The molecular weight excluding hydrogens is 360 g/mol. The summed E-state index contributed by atoms with van der Waals surface area (Å²) in [5.74, 6) is -4.12. The van der Waals surface area contributed by atoms with Crippen molar-refractivity contribution in [1.29, 1.82) is 0 Å². The number of ether oxygens (including phenoxy) is 2. The van der Waals surface area contributed by atoms with Crippen LogP contribution in [0.2, 0.25) is 0 Å². The molecule has 1 fully saturated rings. The molecule has 0 saturated carbocycles. The van der Waals surface area contributed by atoms with Gasteiger partial charge < -0.3 is 19.6 Å². The summed E-state index contributed by atoms with van der Waals surface area (Å²) in [5, 5.41) is 12.1. The minimum atomic E-state index is -3.02. The van der Waals surface area contributed by atoms with Crippen molar-refractivity contribution in [3.8, 4) is 5.88 Å². The predicted molar refractivity (Wildman–Crippen MR) is 94.9 cm³/mol. The molecule has 1 atom stereocenters. The highest BCUT2D eigenvalue weighted by Gasteiger charge is 2.47. The number of halogens is 2. The first-order valence-electron chi connectivity index (χ1n) is 8.57. The van der Waals surface area contributed by atoms with Gasteiger partial charge in [-0.2, -0.15) is 0 Å². The Morgan fingerprint density at radius 1 is 1.44 bits per heavy atom. The smallest absolute Gasteiger partial charge is 0.410 e. The van der Waals surface area contributed by atoms with E-state index in [2.05, 4.69) is 10.1 Å². The Balaban J connectivity index is 2.35. The highest BCUT2D eigenvalue weighted by Crippen LogP contribution is 2.41. The number of likely N-dealkylation sites (tertiary alicyclic amines) is 1. The topological polar surface area (TPSA) is 84.2 Å². The lowest BCUT2D eigenvalue weighted by molar-refractivity contribution is -0.0771. The number of carbonyl (C=O) groups excluding carboxylic acids is 1. The second-order valence-electron chi connectivity index (χ2n) is 7.50. The van der Waals surface area contributed by atoms with Crippen molar-refractivity contribution in [2.24, 2.45) is 5.16 Å². The van der Waals surface area contributed by atoms with Crippen molar-refractivity contribution in [3.63, 3.8) is 0 Å². The molecule has 0 aromatic carbocycles. The minimum Gasteiger partial charge on any atom is -0.481 e. The van der Waals surface area contributed by atoms with Crippen LogP contribution in [-0.4, -0.2) is 58.6 Å². The fraction of sp³-hybridized carbons (Fsp3) is 0.611. The van der Waals surface area contributed by atoms with Crippen LogP contribution in [-0.2, 0) is 4.74 Å². The second kappa shape index (κ2) is 7.66. The van der Waals surface area contributed by atoms with Crippen molar-refractivity contribution in [3.05, 3.63) is 23.4 Å². The number of hydrogen-bond donors (Lipinski definition) is 1. The highest BCUT2D eigenvalue weighted by atomic mass is 19.3. The Kier molecular flexibility index (Phi) is 5.91. The van der Waals surface area contributed by atoms with Crippen LogP contribution in [0.15, 0.2) is 17.4 Å². The number of nitrogens with zero attached hydrogens (tertiary/aromatic N) is 3. The normalized spacial score (nSPS) is 20.3. The van der Waals surface area contributed by atoms with Crippen molar-refractivity contribution in [1.82, 2.24) is 9.88 Å². The van der Waals surface area contributed by atoms with Gasteiger partial charge in [0.2, 0.25) is 5.88 Å². The van der Waals surface area contributed by atoms with Crippen LogP contribution in [0.3, 0.4) is 0 Å². The summed E-state index contributed by atoms with van der Waals surface area (Å²) in [5.41, 5.74) is 0.00915. The standard InChI is InChI=1S/C18H25F2N3O4/c1-11(22-25)13-8-12(9-21-15(13)26-5)14-10-23(7-6-18(14,19)20)16(24)27-17(2,3)4/h8-9,14,25H,6-7,10H2,1-5H3. The number of methoxy groups -OCH3 is 1. The molecule has 1 aliphatic heterocycles. The van der Waals surface area contributed by atoms with Crippen molar-refractivity contribution in [2.45, 2.75) is 51.6 Å². The molecule has 7 nitrogen and oxygen atoms in total.